The third-order valence-electron chi connectivity index (χ3n) is 7.10. The molecule has 7 nitrogen and oxygen atoms in total. The largest absolute Gasteiger partial charge is 0.368 e. The van der Waals surface area contributed by atoms with Gasteiger partial charge in [-0.05, 0) is 37.5 Å². The molecule has 3 aromatic rings. The Morgan fingerprint density at radius 2 is 1.12 bits per heavy atom. The fraction of sp³-hybridized carbons (Fsp3) is 0.455. The van der Waals surface area contributed by atoms with Crippen molar-refractivity contribution in [2.24, 2.45) is 0 Å². The first-order valence-corrected chi connectivity index (χ1v) is 14.0. The first kappa shape index (κ1) is 28.9. The normalized spacial score (nSPS) is 28.0. The van der Waals surface area contributed by atoms with Crippen molar-refractivity contribution < 1.29 is 33.2 Å². The molecule has 2 aliphatic rings. The smallest absolute Gasteiger partial charge is 0.186 e. The van der Waals surface area contributed by atoms with Gasteiger partial charge in [0.25, 0.3) is 0 Å². The van der Waals surface area contributed by atoms with Gasteiger partial charge in [0.1, 0.15) is 24.4 Å². The first-order valence-electron chi connectivity index (χ1n) is 14.0. The van der Waals surface area contributed by atoms with Gasteiger partial charge in [0, 0.05) is 0 Å². The molecule has 214 valence electrons. The Hall–Kier alpha value is -2.62. The van der Waals surface area contributed by atoms with Crippen LogP contribution >= 0.6 is 0 Å². The molecule has 0 aliphatic carbocycles. The van der Waals surface area contributed by atoms with Crippen LogP contribution in [0.2, 0.25) is 0 Å². The summed E-state index contributed by atoms with van der Waals surface area (Å²) in [5.41, 5.74) is 3.21. The summed E-state index contributed by atoms with van der Waals surface area (Å²) in [6, 6.07) is 30.3. The summed E-state index contributed by atoms with van der Waals surface area (Å²) >= 11 is 0. The van der Waals surface area contributed by atoms with Crippen molar-refractivity contribution in [3.05, 3.63) is 108 Å². The highest BCUT2D eigenvalue weighted by Crippen LogP contribution is 2.32. The summed E-state index contributed by atoms with van der Waals surface area (Å²) < 4.78 is 44.1. The molecule has 0 N–H and O–H groups in total. The first-order chi connectivity index (χ1) is 19.5. The van der Waals surface area contributed by atoms with Gasteiger partial charge < -0.3 is 33.2 Å². The Labute approximate surface area is 237 Å². The fourth-order valence-corrected chi connectivity index (χ4v) is 5.05. The van der Waals surface area contributed by atoms with E-state index in [1.807, 2.05) is 87.5 Å². The molecule has 6 atom stereocenters. The summed E-state index contributed by atoms with van der Waals surface area (Å²) in [5.74, 6) is -0.629. The molecule has 0 radical (unpaired) electrons. The van der Waals surface area contributed by atoms with Crippen LogP contribution in [0.15, 0.2) is 91.0 Å². The minimum Gasteiger partial charge on any atom is -0.368 e. The highest BCUT2D eigenvalue weighted by atomic mass is 16.8. The Morgan fingerprint density at radius 3 is 1.60 bits per heavy atom. The molecule has 0 spiro atoms. The van der Waals surface area contributed by atoms with Crippen LogP contribution in [0.4, 0.5) is 0 Å². The summed E-state index contributed by atoms with van der Waals surface area (Å²) in [5, 5.41) is 0. The molecule has 0 unspecified atom stereocenters. The summed E-state index contributed by atoms with van der Waals surface area (Å²) in [4.78, 5) is 0. The van der Waals surface area contributed by atoms with Crippen molar-refractivity contribution in [1.29, 1.82) is 0 Å². The van der Waals surface area contributed by atoms with Crippen LogP contribution in [0.5, 0.6) is 0 Å². The van der Waals surface area contributed by atoms with Crippen molar-refractivity contribution in [1.82, 2.24) is 0 Å². The van der Waals surface area contributed by atoms with E-state index in [0.717, 1.165) is 16.7 Å². The molecule has 5 rings (SSSR count). The van der Waals surface area contributed by atoms with Crippen LogP contribution < -0.4 is 0 Å². The third kappa shape index (κ3) is 7.98. The highest BCUT2D eigenvalue weighted by molar-refractivity contribution is 5.15. The van der Waals surface area contributed by atoms with Crippen molar-refractivity contribution in [2.45, 2.75) is 83.2 Å². The molecule has 2 heterocycles. The van der Waals surface area contributed by atoms with Crippen molar-refractivity contribution >= 4 is 0 Å². The van der Waals surface area contributed by atoms with E-state index in [9.17, 15) is 0 Å². The van der Waals surface area contributed by atoms with Gasteiger partial charge in [0.2, 0.25) is 0 Å². The van der Waals surface area contributed by atoms with Crippen LogP contribution in [0.3, 0.4) is 0 Å². The molecule has 2 fully saturated rings. The molecular weight excluding hydrogens is 508 g/mol. The zero-order valence-electron chi connectivity index (χ0n) is 23.5. The molecule has 7 heteroatoms. The van der Waals surface area contributed by atoms with Crippen molar-refractivity contribution in [2.75, 3.05) is 13.2 Å². The number of benzene rings is 3. The van der Waals surface area contributed by atoms with Gasteiger partial charge >= 0.3 is 0 Å². The van der Waals surface area contributed by atoms with Crippen LogP contribution in [-0.2, 0) is 53.0 Å². The lowest BCUT2D eigenvalue weighted by Gasteiger charge is -2.45. The zero-order valence-corrected chi connectivity index (χ0v) is 23.5. The minimum absolute atomic E-state index is 0.195. The second-order valence-electron chi connectivity index (χ2n) is 10.8. The number of rotatable bonds is 12. The van der Waals surface area contributed by atoms with E-state index >= 15 is 0 Å². The van der Waals surface area contributed by atoms with E-state index in [0.29, 0.717) is 33.0 Å². The van der Waals surface area contributed by atoms with E-state index < -0.39 is 24.3 Å². The lowest BCUT2D eigenvalue weighted by atomic mass is 9.98. The molecule has 0 bridgehead atoms. The average molecular weight is 549 g/mol. The zero-order chi connectivity index (χ0) is 27.8. The number of hydrogen-bond donors (Lipinski definition) is 0. The topological polar surface area (TPSA) is 64.6 Å². The number of ether oxygens (including phenoxy) is 7. The molecule has 0 saturated carbocycles. The number of hydrogen-bond acceptors (Lipinski definition) is 7. The molecule has 2 saturated heterocycles. The van der Waals surface area contributed by atoms with Gasteiger partial charge in [-0.1, -0.05) is 91.0 Å². The second-order valence-corrected chi connectivity index (χ2v) is 10.8. The summed E-state index contributed by atoms with van der Waals surface area (Å²) in [6.07, 6.45) is -2.55. The molecule has 0 aromatic heterocycles. The predicted molar refractivity (Wildman–Crippen MR) is 150 cm³/mol. The van der Waals surface area contributed by atoms with E-state index in [1.54, 1.807) is 0 Å². The molecule has 2 aliphatic heterocycles. The van der Waals surface area contributed by atoms with Crippen LogP contribution in [0.25, 0.3) is 0 Å². The third-order valence-corrected chi connectivity index (χ3v) is 7.10. The van der Waals surface area contributed by atoms with Gasteiger partial charge in [-0.3, -0.25) is 0 Å². The molecule has 0 amide bonds. The van der Waals surface area contributed by atoms with Gasteiger partial charge in [0.15, 0.2) is 12.1 Å². The predicted octanol–water partition coefficient (Wildman–Crippen LogP) is 5.66. The van der Waals surface area contributed by atoms with Crippen LogP contribution in [0, 0.1) is 0 Å². The molecular formula is C33H40O7. The standard InChI is InChI=1S/C33H40O7/c1-24-29(34-19-25-13-7-4-8-14-25)30(35-20-26-15-9-5-10-16-26)31(36-21-27-17-11-6-12-18-27)32(39-24)37-22-28-23-38-33(2,3)40-28/h4-18,24,28-32H,19-23H2,1-3H3/t24-,28+,29+,30+,31-,32+/m0/s1. The van der Waals surface area contributed by atoms with E-state index in [-0.39, 0.29) is 18.3 Å². The maximum atomic E-state index is 6.61. The average Bonchev–Trinajstić information content (AvgIpc) is 3.33. The Morgan fingerprint density at radius 1 is 0.650 bits per heavy atom. The van der Waals surface area contributed by atoms with Gasteiger partial charge in [0.05, 0.1) is 39.1 Å². The summed E-state index contributed by atoms with van der Waals surface area (Å²) in [7, 11) is 0. The van der Waals surface area contributed by atoms with Crippen LogP contribution in [-0.4, -0.2) is 55.8 Å². The van der Waals surface area contributed by atoms with Gasteiger partial charge in [-0.25, -0.2) is 0 Å². The maximum Gasteiger partial charge on any atom is 0.186 e. The SMILES string of the molecule is C[C@@H]1O[C@@H](OC[C@@H]2COC(C)(C)O2)[C@@H](OCc2ccccc2)[C@H](OCc2ccccc2)[C@@H]1OCc1ccccc1. The van der Waals surface area contributed by atoms with E-state index in [4.69, 9.17) is 33.2 Å². The monoisotopic (exact) mass is 548 g/mol. The van der Waals surface area contributed by atoms with Gasteiger partial charge in [-0.15, -0.1) is 0 Å². The highest BCUT2D eigenvalue weighted by Gasteiger charge is 2.48. The minimum atomic E-state index is -0.677. The van der Waals surface area contributed by atoms with Crippen molar-refractivity contribution in [3.63, 3.8) is 0 Å². The Balaban J connectivity index is 1.36. The second kappa shape index (κ2) is 13.8. The summed E-state index contributed by atoms with van der Waals surface area (Å²) in [6.45, 7) is 7.81. The lowest BCUT2D eigenvalue weighted by molar-refractivity contribution is -0.323. The van der Waals surface area contributed by atoms with Crippen LogP contribution in [0.1, 0.15) is 37.5 Å². The van der Waals surface area contributed by atoms with E-state index in [2.05, 4.69) is 24.3 Å². The lowest BCUT2D eigenvalue weighted by Crippen LogP contribution is -2.60. The van der Waals surface area contributed by atoms with Crippen molar-refractivity contribution in [3.8, 4) is 0 Å². The maximum absolute atomic E-state index is 6.61. The molecule has 3 aromatic carbocycles. The fourth-order valence-electron chi connectivity index (χ4n) is 5.05. The Bertz CT molecular complexity index is 1140. The van der Waals surface area contributed by atoms with E-state index in [1.165, 1.54) is 0 Å². The molecule has 40 heavy (non-hydrogen) atoms. The Kier molecular flexibility index (Phi) is 9.99. The van der Waals surface area contributed by atoms with Gasteiger partial charge in [-0.2, -0.15) is 0 Å². The quantitative estimate of drug-likeness (QED) is 0.290.